The monoisotopic (exact) mass is 309 g/mol. The van der Waals surface area contributed by atoms with Gasteiger partial charge in [0.25, 0.3) is 0 Å². The zero-order chi connectivity index (χ0) is 15.0. The molecule has 0 amide bonds. The number of carbonyl (C=O) groups excluding carboxylic acids is 1. The van der Waals surface area contributed by atoms with Crippen molar-refractivity contribution >= 4 is 16.9 Å². The smallest absolute Gasteiger partial charge is 0.550 e. The summed E-state index contributed by atoms with van der Waals surface area (Å²) >= 11 is 0. The summed E-state index contributed by atoms with van der Waals surface area (Å²) in [6.07, 6.45) is 2.27. The van der Waals surface area contributed by atoms with Gasteiger partial charge in [-0.05, 0) is 30.4 Å². The van der Waals surface area contributed by atoms with Crippen LogP contribution in [0.2, 0.25) is 0 Å². The van der Waals surface area contributed by atoms with Gasteiger partial charge in [-0.15, -0.1) is 0 Å². The fraction of sp³-hybridized carbons (Fsp3) is 0.471. The molecule has 1 unspecified atom stereocenters. The SMILES string of the molecule is CCc1cccc2c3c([nH]c12)C(CC)(CC(=O)[O-])OCC3.[Na+]. The van der Waals surface area contributed by atoms with Crippen molar-refractivity contribution in [2.45, 2.75) is 45.1 Å². The van der Waals surface area contributed by atoms with Crippen LogP contribution in [0.25, 0.3) is 10.9 Å². The molecule has 1 aliphatic rings. The van der Waals surface area contributed by atoms with Gasteiger partial charge in [0, 0.05) is 23.3 Å². The van der Waals surface area contributed by atoms with Gasteiger partial charge in [-0.2, -0.15) is 0 Å². The van der Waals surface area contributed by atoms with E-state index in [1.807, 2.05) is 6.92 Å². The zero-order valence-electron chi connectivity index (χ0n) is 13.5. The molecule has 112 valence electrons. The maximum absolute atomic E-state index is 11.2. The van der Waals surface area contributed by atoms with E-state index in [0.717, 1.165) is 24.1 Å². The number of H-pyrrole nitrogens is 1. The van der Waals surface area contributed by atoms with Crippen LogP contribution in [0.15, 0.2) is 18.2 Å². The van der Waals surface area contributed by atoms with E-state index in [1.165, 1.54) is 16.5 Å². The molecule has 1 N–H and O–H groups in total. The van der Waals surface area contributed by atoms with E-state index in [1.54, 1.807) is 0 Å². The molecule has 0 spiro atoms. The molecule has 3 rings (SSSR count). The molecule has 4 nitrogen and oxygen atoms in total. The number of rotatable bonds is 4. The summed E-state index contributed by atoms with van der Waals surface area (Å²) in [5.74, 6) is -1.07. The minimum atomic E-state index is -1.07. The van der Waals surface area contributed by atoms with E-state index in [2.05, 4.69) is 30.1 Å². The van der Waals surface area contributed by atoms with Gasteiger partial charge in [0.15, 0.2) is 0 Å². The summed E-state index contributed by atoms with van der Waals surface area (Å²) in [5.41, 5.74) is 3.72. The Morgan fingerprint density at radius 1 is 1.41 bits per heavy atom. The molecule has 0 aliphatic carbocycles. The molecular weight excluding hydrogens is 289 g/mol. The third-order valence-electron chi connectivity index (χ3n) is 4.60. The first-order chi connectivity index (χ1) is 10.1. The van der Waals surface area contributed by atoms with Crippen molar-refractivity contribution in [2.24, 2.45) is 0 Å². The third-order valence-corrected chi connectivity index (χ3v) is 4.60. The largest absolute Gasteiger partial charge is 1.00 e. The first kappa shape index (κ1) is 17.5. The molecule has 0 radical (unpaired) electrons. The normalized spacial score (nSPS) is 20.5. The van der Waals surface area contributed by atoms with Crippen molar-refractivity contribution in [1.82, 2.24) is 4.98 Å². The van der Waals surface area contributed by atoms with Crippen molar-refractivity contribution in [3.05, 3.63) is 35.0 Å². The van der Waals surface area contributed by atoms with Gasteiger partial charge in [-0.1, -0.05) is 32.0 Å². The Hall–Kier alpha value is -0.810. The topological polar surface area (TPSA) is 65.2 Å². The number of carboxylic acids is 1. The van der Waals surface area contributed by atoms with E-state index in [-0.39, 0.29) is 36.0 Å². The number of hydrogen-bond donors (Lipinski definition) is 1. The van der Waals surface area contributed by atoms with E-state index in [4.69, 9.17) is 4.74 Å². The minimum Gasteiger partial charge on any atom is -0.550 e. The number of carbonyl (C=O) groups is 1. The molecule has 0 fully saturated rings. The van der Waals surface area contributed by atoms with E-state index < -0.39 is 11.6 Å². The molecule has 2 heterocycles. The summed E-state index contributed by atoms with van der Waals surface area (Å²) in [5, 5.41) is 12.4. The molecule has 22 heavy (non-hydrogen) atoms. The van der Waals surface area contributed by atoms with Crippen molar-refractivity contribution in [3.8, 4) is 0 Å². The fourth-order valence-corrected chi connectivity index (χ4v) is 3.47. The molecule has 0 saturated carbocycles. The van der Waals surface area contributed by atoms with Gasteiger partial charge in [-0.25, -0.2) is 0 Å². The van der Waals surface area contributed by atoms with Crippen LogP contribution in [0.1, 0.15) is 43.5 Å². The van der Waals surface area contributed by atoms with Crippen molar-refractivity contribution in [3.63, 3.8) is 0 Å². The van der Waals surface area contributed by atoms with Crippen molar-refractivity contribution in [2.75, 3.05) is 6.61 Å². The molecule has 0 bridgehead atoms. The Bertz CT molecular complexity index is 695. The van der Waals surface area contributed by atoms with Crippen LogP contribution in [0.4, 0.5) is 0 Å². The Kier molecular flexibility index (Phi) is 5.38. The molecule has 1 atom stereocenters. The van der Waals surface area contributed by atoms with Gasteiger partial charge in [0.05, 0.1) is 12.3 Å². The predicted molar refractivity (Wildman–Crippen MR) is 78.9 cm³/mol. The number of fused-ring (bicyclic) bond motifs is 3. The second-order valence-corrected chi connectivity index (χ2v) is 5.67. The molecule has 1 aromatic carbocycles. The summed E-state index contributed by atoms with van der Waals surface area (Å²) < 4.78 is 5.90. The fourth-order valence-electron chi connectivity index (χ4n) is 3.47. The number of aromatic amines is 1. The van der Waals surface area contributed by atoms with Crippen LogP contribution < -0.4 is 34.7 Å². The number of aliphatic carboxylic acids is 1. The quantitative estimate of drug-likeness (QED) is 0.741. The zero-order valence-corrected chi connectivity index (χ0v) is 15.5. The number of hydrogen-bond acceptors (Lipinski definition) is 3. The molecule has 2 aromatic rings. The van der Waals surface area contributed by atoms with Crippen LogP contribution in [0.5, 0.6) is 0 Å². The van der Waals surface area contributed by atoms with Gasteiger partial charge >= 0.3 is 29.6 Å². The maximum Gasteiger partial charge on any atom is 1.00 e. The minimum absolute atomic E-state index is 0. The van der Waals surface area contributed by atoms with E-state index >= 15 is 0 Å². The summed E-state index contributed by atoms with van der Waals surface area (Å²) in [4.78, 5) is 14.6. The number of benzene rings is 1. The van der Waals surface area contributed by atoms with Crippen LogP contribution in [0, 0.1) is 0 Å². The Morgan fingerprint density at radius 3 is 2.82 bits per heavy atom. The summed E-state index contributed by atoms with van der Waals surface area (Å²) in [6.45, 7) is 4.64. The first-order valence-corrected chi connectivity index (χ1v) is 7.58. The first-order valence-electron chi connectivity index (χ1n) is 7.58. The third kappa shape index (κ3) is 2.73. The molecule has 0 saturated heterocycles. The average molecular weight is 309 g/mol. The van der Waals surface area contributed by atoms with Gasteiger partial charge in [0.1, 0.15) is 5.60 Å². The summed E-state index contributed by atoms with van der Waals surface area (Å²) in [7, 11) is 0. The second-order valence-electron chi connectivity index (χ2n) is 5.67. The number of carboxylic acid groups (broad SMARTS) is 1. The van der Waals surface area contributed by atoms with Crippen LogP contribution in [-0.2, 0) is 28.0 Å². The van der Waals surface area contributed by atoms with Gasteiger partial charge in [0.2, 0.25) is 0 Å². The number of ether oxygens (including phenoxy) is 1. The molecule has 1 aliphatic heterocycles. The van der Waals surface area contributed by atoms with E-state index in [0.29, 0.717) is 13.0 Å². The molecule has 5 heteroatoms. The van der Waals surface area contributed by atoms with Gasteiger partial charge < -0.3 is 19.6 Å². The standard InChI is InChI=1S/C17H21NO3.Na/c1-3-11-6-5-7-12-13-8-9-21-17(4-2,10-14(19)20)16(13)18-15(11)12;/h5-7,18H,3-4,8-10H2,1-2H3,(H,19,20);/q;+1/p-1. The predicted octanol–water partition coefficient (Wildman–Crippen LogP) is -0.948. The van der Waals surface area contributed by atoms with Crippen molar-refractivity contribution in [1.29, 1.82) is 0 Å². The van der Waals surface area contributed by atoms with E-state index in [9.17, 15) is 9.90 Å². The summed E-state index contributed by atoms with van der Waals surface area (Å²) in [6, 6.07) is 6.28. The Labute approximate surface area is 152 Å². The van der Waals surface area contributed by atoms with Crippen LogP contribution >= 0.6 is 0 Å². The number of aromatic nitrogens is 1. The van der Waals surface area contributed by atoms with Crippen molar-refractivity contribution < 1.29 is 44.2 Å². The maximum atomic E-state index is 11.2. The van der Waals surface area contributed by atoms with Gasteiger partial charge in [-0.3, -0.25) is 0 Å². The number of para-hydroxylation sites is 1. The molecule has 1 aromatic heterocycles. The Balaban J connectivity index is 0.00000176. The van der Waals surface area contributed by atoms with Crippen LogP contribution in [-0.4, -0.2) is 17.6 Å². The molecular formula is C17H20NNaO3. The second kappa shape index (κ2) is 6.75. The number of aryl methyl sites for hydroxylation is 1. The average Bonchev–Trinajstić information content (AvgIpc) is 2.87. The van der Waals surface area contributed by atoms with Crippen LogP contribution in [0.3, 0.4) is 0 Å². The Morgan fingerprint density at radius 2 is 2.18 bits per heavy atom. The number of nitrogens with one attached hydrogen (secondary N) is 1.